The molecule has 24 heteroatoms. The fraction of sp³-hybridized carbons (Fsp3) is 0.797. The van der Waals surface area contributed by atoms with E-state index in [1.165, 1.54) is 12.0 Å². The number of unbranched alkanes of at least 4 members (excludes halogenated alkanes) is 2. The molecule has 0 bridgehead atoms. The number of ether oxygens (including phenoxy) is 2. The Bertz CT molecular complexity index is 2280. The number of hydrogen-bond acceptors (Lipinski definition) is 16. The van der Waals surface area contributed by atoms with E-state index in [0.717, 1.165) is 37.7 Å². The average molecular weight is 1300 g/mol. The third kappa shape index (κ3) is 28.1. The number of nitrogens with zero attached hydrogens (tertiary/aromatic N) is 7. The lowest BCUT2D eigenvalue weighted by atomic mass is 9.81. The first-order chi connectivity index (χ1) is 42.6. The number of aliphatic hydroxyl groups is 1. The van der Waals surface area contributed by atoms with Crippen LogP contribution >= 0.6 is 28.7 Å². The molecule has 4 atom stereocenters. The molecule has 0 saturated carbocycles. The molecule has 0 spiro atoms. The van der Waals surface area contributed by atoms with Gasteiger partial charge in [-0.2, -0.15) is 17.0 Å². The fourth-order valence-electron chi connectivity index (χ4n) is 10.7. The van der Waals surface area contributed by atoms with Crippen molar-refractivity contribution in [1.29, 1.82) is 6.69 Å². The molecule has 1 aromatic carbocycles. The summed E-state index contributed by atoms with van der Waals surface area (Å²) in [4.78, 5) is 70.4. The number of urea groups is 1. The van der Waals surface area contributed by atoms with E-state index >= 15 is 0 Å². The van der Waals surface area contributed by atoms with Gasteiger partial charge >= 0.3 is 6.03 Å². The van der Waals surface area contributed by atoms with E-state index in [4.69, 9.17) is 37.7 Å². The van der Waals surface area contributed by atoms with Crippen molar-refractivity contribution in [3.63, 3.8) is 0 Å². The summed E-state index contributed by atoms with van der Waals surface area (Å²) < 4.78 is 50.8. The fourth-order valence-corrected chi connectivity index (χ4v) is 16.3. The summed E-state index contributed by atoms with van der Waals surface area (Å²) in [5.74, 6) is -0.0129. The van der Waals surface area contributed by atoms with E-state index in [1.807, 2.05) is 24.3 Å². The van der Waals surface area contributed by atoms with E-state index in [9.17, 15) is 24.0 Å². The van der Waals surface area contributed by atoms with Crippen molar-refractivity contribution in [3.8, 4) is 6.07 Å². The topological polar surface area (TPSA) is 232 Å². The Morgan fingerprint density at radius 2 is 1.41 bits per heavy atom. The Morgan fingerprint density at radius 3 is 1.97 bits per heavy atom. The molecule has 3 saturated heterocycles. The summed E-state index contributed by atoms with van der Waals surface area (Å²) in [6, 6.07) is 11.2. The van der Waals surface area contributed by atoms with Crippen molar-refractivity contribution in [2.45, 2.75) is 234 Å². The van der Waals surface area contributed by atoms with Gasteiger partial charge in [0.2, 0.25) is 25.7 Å². The molecule has 4 rings (SSSR count). The first-order valence-corrected chi connectivity index (χ1v) is 35.1. The molecule has 21 nitrogen and oxygen atoms in total. The second-order valence-corrected chi connectivity index (χ2v) is 29.7. The van der Waals surface area contributed by atoms with E-state index in [0.29, 0.717) is 120 Å². The first-order valence-electron chi connectivity index (χ1n) is 32.9. The van der Waals surface area contributed by atoms with E-state index < -0.39 is 22.4 Å². The monoisotopic (exact) mass is 1300 g/mol. The van der Waals surface area contributed by atoms with Gasteiger partial charge in [-0.3, -0.25) is 24.1 Å². The molecule has 4 N–H and O–H groups in total. The second kappa shape index (κ2) is 42.5. The zero-order valence-corrected chi connectivity index (χ0v) is 59.0. The van der Waals surface area contributed by atoms with Gasteiger partial charge in [-0.05, 0) is 157 Å². The van der Waals surface area contributed by atoms with Crippen LogP contribution in [-0.4, -0.2) is 205 Å². The van der Waals surface area contributed by atoms with E-state index in [2.05, 4.69) is 150 Å². The number of nitrogens with one attached hydrogen (secondary N) is 3. The summed E-state index contributed by atoms with van der Waals surface area (Å²) in [7, 11) is -0.952. The van der Waals surface area contributed by atoms with Crippen molar-refractivity contribution in [3.05, 3.63) is 46.8 Å². The Balaban J connectivity index is 0.00000101. The number of fused-ring (bicyclic) bond motifs is 1. The number of aliphatic hydroxyl groups excluding tert-OH is 1. The maximum absolute atomic E-state index is 13.3. The summed E-state index contributed by atoms with van der Waals surface area (Å²) in [6.07, 6.45) is 6.85. The van der Waals surface area contributed by atoms with Crippen LogP contribution in [0.2, 0.25) is 0 Å². The predicted octanol–water partition coefficient (Wildman–Crippen LogP) is 10.9. The number of carbonyl (C=O) groups excluding carboxylic acids is 5. The van der Waals surface area contributed by atoms with Crippen molar-refractivity contribution in [2.75, 3.05) is 91.8 Å². The highest BCUT2D eigenvalue weighted by atomic mass is 32.2. The van der Waals surface area contributed by atoms with Crippen molar-refractivity contribution >= 4 is 58.4 Å². The smallest absolute Gasteiger partial charge is 0.325 e. The highest BCUT2D eigenvalue weighted by molar-refractivity contribution is 8.00. The van der Waals surface area contributed by atoms with Gasteiger partial charge in [0, 0.05) is 107 Å². The van der Waals surface area contributed by atoms with Crippen molar-refractivity contribution < 1.29 is 53.5 Å². The van der Waals surface area contributed by atoms with Crippen LogP contribution in [0.15, 0.2) is 24.3 Å². The zero-order chi connectivity index (χ0) is 67.6. The van der Waals surface area contributed by atoms with Crippen LogP contribution in [0.4, 0.5) is 4.79 Å². The number of thioether (sulfide) groups is 1. The number of benzene rings is 1. The normalized spacial score (nSPS) is 18.1. The standard InChI is InChI=1S/C48H78N7O9PS.C15H32N3OP.CH4O/c1-35(2)55(36(3)4)65(63-30-25-49-9)64-34-48(8)21-26-53(27-22-48)43(58)32-62-31-42(57)51-24-14-29-61-28-13-12-23-50-41(56)16-11-10-15-40-44-39(33-66-40)54(46(60)52-44)45(59)37-17-19-38(20-18-37)47(5,6)7;1-12(2)17(13(3)4)20(19-11-9-10-16)18(14(5)6)15(7)8;1-2/h17-20,35-36,39-40,44H,10-16,21-34H2,1-8H3,(H,50,56)(H,51,57)(H,52,60);12-15H,9,11H2,1-8H3;2H,1H3/t39-,40-,44-,65?;;/m0../s1/i8D;;2T. The maximum atomic E-state index is 13.3. The first kappa shape index (κ1) is 76.9. The number of amides is 6. The SMILES string of the molecule is CC(C)N(C(C)C)P(OCCC#N)N(C(C)C)C(C)C.[2H]CC1(COP(OCC[N+]#[C-])N(C(C)C)C(C)C)CCN(C(=O)COCC(=O)NCCCOCCCCNC(=O)CCCC[C@@H]2SC[C@H]3[C@@H]2NC(=O)N3C(=O)c2ccc(C(C)(C)C)cc2)CC1.[3H]OC. The molecule has 3 aliphatic rings. The maximum Gasteiger partial charge on any atom is 0.325 e. The summed E-state index contributed by atoms with van der Waals surface area (Å²) >= 11 is 1.79. The molecule has 1 unspecified atom stereocenters. The quantitative estimate of drug-likeness (QED) is 0.0210. The Hall–Kier alpha value is -3.60. The molecular weight excluding hydrogens is 1180 g/mol. The van der Waals surface area contributed by atoms with Crippen molar-refractivity contribution in [2.24, 2.45) is 5.41 Å². The molecule has 0 aliphatic carbocycles. The number of hydrogen-bond donors (Lipinski definition) is 4. The molecule has 1 aromatic rings. The molecule has 0 aromatic heterocycles. The minimum Gasteiger partial charge on any atom is -0.400 e. The van der Waals surface area contributed by atoms with Gasteiger partial charge < -0.3 is 53.8 Å². The summed E-state index contributed by atoms with van der Waals surface area (Å²) in [5, 5.41) is 21.3. The Kier molecular flexibility index (Phi) is 37.1. The van der Waals surface area contributed by atoms with Gasteiger partial charge in [-0.1, -0.05) is 46.2 Å². The number of nitriles is 1. The molecule has 88 heavy (non-hydrogen) atoms. The lowest BCUT2D eigenvalue weighted by molar-refractivity contribution is -0.140. The summed E-state index contributed by atoms with van der Waals surface area (Å²) in [5.41, 5.74) is 1.23. The second-order valence-electron chi connectivity index (χ2n) is 25.3. The molecule has 0 radical (unpaired) electrons. The lowest BCUT2D eigenvalue weighted by Crippen LogP contribution is -2.45. The lowest BCUT2D eigenvalue weighted by Gasteiger charge is -2.45. The van der Waals surface area contributed by atoms with E-state index in [-0.39, 0.29) is 97.8 Å². The van der Waals surface area contributed by atoms with Crippen LogP contribution in [-0.2, 0) is 42.8 Å². The van der Waals surface area contributed by atoms with Crippen LogP contribution in [0.5, 0.6) is 0 Å². The molecule has 3 aliphatic heterocycles. The van der Waals surface area contributed by atoms with Crippen LogP contribution < -0.4 is 16.0 Å². The average Bonchev–Trinajstić information content (AvgIpc) is 1.65. The largest absolute Gasteiger partial charge is 0.400 e. The highest BCUT2D eigenvalue weighted by Crippen LogP contribution is 2.51. The molecule has 6 amide bonds. The number of likely N-dealkylation sites (tertiary alicyclic amines) is 1. The Morgan fingerprint density at radius 1 is 0.830 bits per heavy atom. The van der Waals surface area contributed by atoms with Crippen LogP contribution in [0, 0.1) is 23.3 Å². The van der Waals surface area contributed by atoms with Gasteiger partial charge in [0.05, 0.1) is 37.8 Å². The van der Waals surface area contributed by atoms with Gasteiger partial charge in [0.15, 0.2) is 8.45 Å². The minimum absolute atomic E-state index is 0.0229. The highest BCUT2D eigenvalue weighted by Gasteiger charge is 2.50. The summed E-state index contributed by atoms with van der Waals surface area (Å²) in [6.45, 7) is 43.7. The van der Waals surface area contributed by atoms with Gasteiger partial charge in [-0.15, -0.1) is 0 Å². The van der Waals surface area contributed by atoms with Crippen molar-refractivity contribution in [1.82, 2.24) is 39.8 Å². The van der Waals surface area contributed by atoms with Gasteiger partial charge in [-0.25, -0.2) is 25.4 Å². The molecule has 3 fully saturated rings. The van der Waals surface area contributed by atoms with Crippen LogP contribution in [0.25, 0.3) is 4.85 Å². The van der Waals surface area contributed by atoms with Gasteiger partial charge in [0.25, 0.3) is 14.4 Å². The molecular formula is C64H114N10O11P2S. The van der Waals surface area contributed by atoms with Crippen LogP contribution in [0.3, 0.4) is 0 Å². The number of imide groups is 1. The number of piperidine rings is 1. The Labute approximate surface area is 540 Å². The zero-order valence-electron chi connectivity index (χ0n) is 58.4. The minimum atomic E-state index is -1.40. The predicted molar refractivity (Wildman–Crippen MR) is 355 cm³/mol. The molecule has 502 valence electrons. The van der Waals surface area contributed by atoms with E-state index in [1.54, 1.807) is 16.7 Å². The third-order valence-electron chi connectivity index (χ3n) is 15.0. The van der Waals surface area contributed by atoms with Crippen LogP contribution in [0.1, 0.15) is 192 Å². The van der Waals surface area contributed by atoms with Gasteiger partial charge in [0.1, 0.15) is 19.8 Å². The number of carbonyl (C=O) groups is 5. The third-order valence-corrected chi connectivity index (χ3v) is 21.6. The molecule has 3 heterocycles. The number of rotatable bonds is 37.